The first-order valence-corrected chi connectivity index (χ1v) is 10.6. The summed E-state index contributed by atoms with van der Waals surface area (Å²) in [6.45, 7) is 1.78. The van der Waals surface area contributed by atoms with Gasteiger partial charge in [0.1, 0.15) is 0 Å². The standard InChI is InChI=1S/C21H26BrN3O2/c1-13(24-25-20(27)17-4-2-3-5-18(17)22)6-19(26)23-21-10-14-7-15(11-21)9-16(8-14)12-21/h2-5,14-16H,6-12H2,1H3,(H,23,26)(H,25,27)/b24-13+. The second-order valence-electron chi connectivity index (χ2n) is 8.69. The first kappa shape index (κ1) is 18.7. The average Bonchev–Trinajstić information content (AvgIpc) is 2.58. The molecule has 4 aliphatic carbocycles. The first-order chi connectivity index (χ1) is 12.9. The third-order valence-electron chi connectivity index (χ3n) is 6.33. The molecule has 0 aliphatic heterocycles. The maximum absolute atomic E-state index is 12.6. The molecular formula is C21H26BrN3O2. The van der Waals surface area contributed by atoms with Gasteiger partial charge in [0.25, 0.3) is 5.91 Å². The highest BCUT2D eigenvalue weighted by atomic mass is 79.9. The van der Waals surface area contributed by atoms with Gasteiger partial charge in [-0.25, -0.2) is 5.43 Å². The molecule has 4 bridgehead atoms. The average molecular weight is 432 g/mol. The molecule has 0 radical (unpaired) electrons. The maximum Gasteiger partial charge on any atom is 0.272 e. The molecule has 0 heterocycles. The van der Waals surface area contributed by atoms with Crippen LogP contribution in [0.25, 0.3) is 0 Å². The number of carbonyl (C=O) groups excluding carboxylic acids is 2. The van der Waals surface area contributed by atoms with E-state index in [0.29, 0.717) is 11.3 Å². The molecule has 6 heteroatoms. The molecule has 4 saturated carbocycles. The SMILES string of the molecule is C/C(CC(=O)NC12CC3CC(CC(C3)C1)C2)=N\NC(=O)c1ccccc1Br. The zero-order valence-corrected chi connectivity index (χ0v) is 17.2. The molecule has 5 rings (SSSR count). The number of nitrogens with zero attached hydrogens (tertiary/aromatic N) is 1. The van der Waals surface area contributed by atoms with Gasteiger partial charge in [-0.05, 0) is 91.3 Å². The van der Waals surface area contributed by atoms with E-state index in [4.69, 9.17) is 0 Å². The summed E-state index contributed by atoms with van der Waals surface area (Å²) in [7, 11) is 0. The van der Waals surface area contributed by atoms with E-state index in [1.54, 1.807) is 19.1 Å². The molecule has 144 valence electrons. The van der Waals surface area contributed by atoms with Crippen LogP contribution in [0.5, 0.6) is 0 Å². The van der Waals surface area contributed by atoms with Crippen molar-refractivity contribution in [1.29, 1.82) is 0 Å². The molecule has 27 heavy (non-hydrogen) atoms. The Balaban J connectivity index is 1.32. The maximum atomic E-state index is 12.6. The zero-order valence-electron chi connectivity index (χ0n) is 15.6. The Bertz CT molecular complexity index is 754. The predicted octanol–water partition coefficient (Wildman–Crippen LogP) is 4.03. The van der Waals surface area contributed by atoms with Crippen LogP contribution in [0.3, 0.4) is 0 Å². The van der Waals surface area contributed by atoms with E-state index in [2.05, 4.69) is 31.8 Å². The minimum absolute atomic E-state index is 0.0181. The summed E-state index contributed by atoms with van der Waals surface area (Å²) in [6.07, 6.45) is 7.71. The van der Waals surface area contributed by atoms with Gasteiger partial charge in [0.15, 0.2) is 0 Å². The minimum atomic E-state index is -0.289. The number of hydrogen-bond donors (Lipinski definition) is 2. The van der Waals surface area contributed by atoms with Crippen molar-refractivity contribution in [3.63, 3.8) is 0 Å². The van der Waals surface area contributed by atoms with Crippen molar-refractivity contribution in [2.45, 2.75) is 57.4 Å². The third-order valence-corrected chi connectivity index (χ3v) is 7.02. The highest BCUT2D eigenvalue weighted by Crippen LogP contribution is 2.55. The Hall–Kier alpha value is -1.69. The summed E-state index contributed by atoms with van der Waals surface area (Å²) in [5.74, 6) is 2.14. The van der Waals surface area contributed by atoms with Crippen molar-refractivity contribution < 1.29 is 9.59 Å². The van der Waals surface area contributed by atoms with Gasteiger partial charge in [-0.2, -0.15) is 5.10 Å². The molecule has 4 aliphatic rings. The highest BCUT2D eigenvalue weighted by Gasteiger charge is 2.51. The summed E-state index contributed by atoms with van der Waals surface area (Å²) in [5, 5.41) is 7.46. The van der Waals surface area contributed by atoms with Crippen LogP contribution in [0, 0.1) is 17.8 Å². The fourth-order valence-electron chi connectivity index (χ4n) is 5.73. The lowest BCUT2D eigenvalue weighted by Gasteiger charge is -2.56. The van der Waals surface area contributed by atoms with Gasteiger partial charge in [-0.15, -0.1) is 0 Å². The molecule has 0 unspecified atom stereocenters. The molecule has 5 nitrogen and oxygen atoms in total. The molecule has 1 aromatic rings. The van der Waals surface area contributed by atoms with E-state index < -0.39 is 0 Å². The number of halogens is 1. The van der Waals surface area contributed by atoms with E-state index >= 15 is 0 Å². The summed E-state index contributed by atoms with van der Waals surface area (Å²) in [6, 6.07) is 7.19. The lowest BCUT2D eigenvalue weighted by molar-refractivity contribution is -0.125. The van der Waals surface area contributed by atoms with Gasteiger partial charge in [0.05, 0.1) is 12.0 Å². The van der Waals surface area contributed by atoms with Gasteiger partial charge in [-0.1, -0.05) is 12.1 Å². The third kappa shape index (κ3) is 4.10. The lowest BCUT2D eigenvalue weighted by atomic mass is 9.53. The topological polar surface area (TPSA) is 70.6 Å². The number of nitrogens with one attached hydrogen (secondary N) is 2. The Kier molecular flexibility index (Phi) is 5.10. The van der Waals surface area contributed by atoms with Crippen LogP contribution in [0.15, 0.2) is 33.8 Å². The molecule has 0 saturated heterocycles. The van der Waals surface area contributed by atoms with Crippen molar-refractivity contribution >= 4 is 33.5 Å². The number of benzene rings is 1. The van der Waals surface area contributed by atoms with Crippen molar-refractivity contribution in [2.24, 2.45) is 22.9 Å². The van der Waals surface area contributed by atoms with Crippen molar-refractivity contribution in [2.75, 3.05) is 0 Å². The van der Waals surface area contributed by atoms with Crippen LogP contribution < -0.4 is 10.7 Å². The van der Waals surface area contributed by atoms with Gasteiger partial charge in [-0.3, -0.25) is 9.59 Å². The largest absolute Gasteiger partial charge is 0.350 e. The molecule has 0 atom stereocenters. The number of carbonyl (C=O) groups is 2. The van der Waals surface area contributed by atoms with Crippen LogP contribution >= 0.6 is 15.9 Å². The molecule has 2 N–H and O–H groups in total. The smallest absolute Gasteiger partial charge is 0.272 e. The normalized spacial score (nSPS) is 31.6. The number of hydrogen-bond acceptors (Lipinski definition) is 3. The van der Waals surface area contributed by atoms with Crippen LogP contribution in [0.2, 0.25) is 0 Å². The number of hydrazone groups is 1. The number of rotatable bonds is 5. The summed E-state index contributed by atoms with van der Waals surface area (Å²) in [4.78, 5) is 24.8. The van der Waals surface area contributed by atoms with E-state index in [9.17, 15) is 9.59 Å². The fourth-order valence-corrected chi connectivity index (χ4v) is 6.19. The van der Waals surface area contributed by atoms with Crippen molar-refractivity contribution in [3.8, 4) is 0 Å². The van der Waals surface area contributed by atoms with E-state index in [-0.39, 0.29) is 23.8 Å². The Morgan fingerprint density at radius 2 is 1.70 bits per heavy atom. The first-order valence-electron chi connectivity index (χ1n) is 9.81. The highest BCUT2D eigenvalue weighted by molar-refractivity contribution is 9.10. The summed E-state index contributed by atoms with van der Waals surface area (Å²) >= 11 is 3.36. The quantitative estimate of drug-likeness (QED) is 0.545. The van der Waals surface area contributed by atoms with Crippen LogP contribution in [-0.2, 0) is 4.79 Å². The molecule has 0 aromatic heterocycles. The van der Waals surface area contributed by atoms with Gasteiger partial charge < -0.3 is 5.32 Å². The van der Waals surface area contributed by atoms with Crippen molar-refractivity contribution in [3.05, 3.63) is 34.3 Å². The Morgan fingerprint density at radius 1 is 1.11 bits per heavy atom. The predicted molar refractivity (Wildman–Crippen MR) is 108 cm³/mol. The van der Waals surface area contributed by atoms with Gasteiger partial charge in [0.2, 0.25) is 5.91 Å². The van der Waals surface area contributed by atoms with E-state index in [0.717, 1.165) is 41.5 Å². The Morgan fingerprint density at radius 3 is 2.30 bits per heavy atom. The second-order valence-corrected chi connectivity index (χ2v) is 9.55. The van der Waals surface area contributed by atoms with E-state index in [1.807, 2.05) is 12.1 Å². The summed E-state index contributed by atoms with van der Waals surface area (Å²) in [5.41, 5.74) is 3.69. The molecule has 4 fully saturated rings. The fraction of sp³-hybridized carbons (Fsp3) is 0.571. The van der Waals surface area contributed by atoms with E-state index in [1.165, 1.54) is 19.3 Å². The monoisotopic (exact) mass is 431 g/mol. The molecule has 1 aromatic carbocycles. The second kappa shape index (κ2) is 7.38. The lowest BCUT2D eigenvalue weighted by Crippen LogP contribution is -2.60. The number of amides is 2. The van der Waals surface area contributed by atoms with Crippen LogP contribution in [0.1, 0.15) is 62.2 Å². The molecular weight excluding hydrogens is 406 g/mol. The Labute approximate surface area is 168 Å². The summed E-state index contributed by atoms with van der Waals surface area (Å²) < 4.78 is 0.718. The molecule has 0 spiro atoms. The van der Waals surface area contributed by atoms with Gasteiger partial charge >= 0.3 is 0 Å². The zero-order chi connectivity index (χ0) is 19.0. The van der Waals surface area contributed by atoms with Crippen LogP contribution in [-0.4, -0.2) is 23.1 Å². The minimum Gasteiger partial charge on any atom is -0.350 e. The molecule has 2 amide bonds. The van der Waals surface area contributed by atoms with Gasteiger partial charge in [0, 0.05) is 15.7 Å². The van der Waals surface area contributed by atoms with Crippen molar-refractivity contribution in [1.82, 2.24) is 10.7 Å². The van der Waals surface area contributed by atoms with Crippen LogP contribution in [0.4, 0.5) is 0 Å².